The molecule has 1 unspecified atom stereocenters. The van der Waals surface area contributed by atoms with Crippen molar-refractivity contribution < 1.29 is 19.1 Å². The van der Waals surface area contributed by atoms with E-state index in [4.69, 9.17) is 9.47 Å². The van der Waals surface area contributed by atoms with Crippen LogP contribution in [0.25, 0.3) is 0 Å². The first-order chi connectivity index (χ1) is 12.3. The first kappa shape index (κ1) is 20.4. The Morgan fingerprint density at radius 1 is 1.15 bits per heavy atom. The number of nitrogens with zero attached hydrogens (tertiary/aromatic N) is 2. The molecule has 2 amide bonds. The molecule has 1 aromatic rings. The van der Waals surface area contributed by atoms with E-state index in [-0.39, 0.29) is 24.8 Å². The SMILES string of the molecule is CSCC1CN(C(=O)OC(C)(C)C)CCN1C(=O)OCc1ccccc1. The largest absolute Gasteiger partial charge is 0.445 e. The van der Waals surface area contributed by atoms with Crippen LogP contribution in [-0.2, 0) is 16.1 Å². The van der Waals surface area contributed by atoms with Crippen molar-refractivity contribution in [2.75, 3.05) is 31.6 Å². The number of hydrogen-bond acceptors (Lipinski definition) is 5. The molecule has 2 rings (SSSR count). The summed E-state index contributed by atoms with van der Waals surface area (Å²) in [4.78, 5) is 28.2. The van der Waals surface area contributed by atoms with Crippen LogP contribution in [0, 0.1) is 0 Å². The molecule has 0 spiro atoms. The first-order valence-corrected chi connectivity index (χ1v) is 10.1. The van der Waals surface area contributed by atoms with Gasteiger partial charge < -0.3 is 19.3 Å². The first-order valence-electron chi connectivity index (χ1n) is 8.74. The van der Waals surface area contributed by atoms with Gasteiger partial charge in [-0.2, -0.15) is 11.8 Å². The van der Waals surface area contributed by atoms with Crippen LogP contribution in [0.3, 0.4) is 0 Å². The third kappa shape index (κ3) is 6.12. The summed E-state index contributed by atoms with van der Waals surface area (Å²) in [7, 11) is 0. The summed E-state index contributed by atoms with van der Waals surface area (Å²) < 4.78 is 10.9. The van der Waals surface area contributed by atoms with Crippen LogP contribution in [-0.4, -0.2) is 65.3 Å². The molecule has 0 bridgehead atoms. The highest BCUT2D eigenvalue weighted by Crippen LogP contribution is 2.18. The van der Waals surface area contributed by atoms with Gasteiger partial charge >= 0.3 is 12.2 Å². The van der Waals surface area contributed by atoms with Crippen LogP contribution in [0.4, 0.5) is 9.59 Å². The fourth-order valence-corrected chi connectivity index (χ4v) is 3.40. The van der Waals surface area contributed by atoms with Crippen molar-refractivity contribution >= 4 is 23.9 Å². The van der Waals surface area contributed by atoms with Crippen molar-refractivity contribution in [3.63, 3.8) is 0 Å². The summed E-state index contributed by atoms with van der Waals surface area (Å²) in [6.07, 6.45) is 1.32. The fraction of sp³-hybridized carbons (Fsp3) is 0.579. The van der Waals surface area contributed by atoms with Crippen LogP contribution < -0.4 is 0 Å². The second-order valence-corrected chi connectivity index (χ2v) is 8.18. The molecule has 0 N–H and O–H groups in total. The van der Waals surface area contributed by atoms with Crippen LogP contribution in [0.15, 0.2) is 30.3 Å². The summed E-state index contributed by atoms with van der Waals surface area (Å²) in [5, 5.41) is 0. The standard InChI is InChI=1S/C19H28N2O4S/c1-19(2,3)25-17(22)20-10-11-21(16(12-20)14-26-4)18(23)24-13-15-8-6-5-7-9-15/h5-9,16H,10-14H2,1-4H3. The molecule has 0 saturated carbocycles. The van der Waals surface area contributed by atoms with Crippen LogP contribution in [0.5, 0.6) is 0 Å². The Morgan fingerprint density at radius 3 is 2.46 bits per heavy atom. The zero-order valence-corrected chi connectivity index (χ0v) is 16.8. The Kier molecular flexibility index (Phi) is 7.20. The van der Waals surface area contributed by atoms with E-state index >= 15 is 0 Å². The smallest absolute Gasteiger partial charge is 0.410 e. The monoisotopic (exact) mass is 380 g/mol. The molecule has 0 aliphatic carbocycles. The van der Waals surface area contributed by atoms with Gasteiger partial charge in [0, 0.05) is 25.4 Å². The average Bonchev–Trinajstić information content (AvgIpc) is 2.59. The minimum absolute atomic E-state index is 0.0884. The Labute approximate surface area is 159 Å². The second-order valence-electron chi connectivity index (χ2n) is 7.27. The second kappa shape index (κ2) is 9.16. The molecule has 7 heteroatoms. The van der Waals surface area contributed by atoms with E-state index in [1.165, 1.54) is 0 Å². The van der Waals surface area contributed by atoms with E-state index in [0.717, 1.165) is 11.3 Å². The lowest BCUT2D eigenvalue weighted by molar-refractivity contribution is 0.00383. The molecular formula is C19H28N2O4S. The van der Waals surface area contributed by atoms with Crippen molar-refractivity contribution in [1.29, 1.82) is 0 Å². The van der Waals surface area contributed by atoms with Crippen LogP contribution in [0.2, 0.25) is 0 Å². The van der Waals surface area contributed by atoms with Crippen LogP contribution in [0.1, 0.15) is 26.3 Å². The van der Waals surface area contributed by atoms with Gasteiger partial charge in [0.2, 0.25) is 0 Å². The zero-order chi connectivity index (χ0) is 19.2. The Balaban J connectivity index is 1.94. The number of carbonyl (C=O) groups is 2. The maximum atomic E-state index is 12.5. The third-order valence-corrected chi connectivity index (χ3v) is 4.65. The average molecular weight is 381 g/mol. The lowest BCUT2D eigenvalue weighted by atomic mass is 10.2. The molecule has 1 fully saturated rings. The van der Waals surface area contributed by atoms with Gasteiger partial charge in [0.15, 0.2) is 0 Å². The number of amides is 2. The predicted molar refractivity (Wildman–Crippen MR) is 103 cm³/mol. The van der Waals surface area contributed by atoms with E-state index in [9.17, 15) is 9.59 Å². The molecule has 144 valence electrons. The number of hydrogen-bond donors (Lipinski definition) is 0. The van der Waals surface area contributed by atoms with Gasteiger partial charge in [-0.25, -0.2) is 9.59 Å². The number of piperazine rings is 1. The summed E-state index contributed by atoms with van der Waals surface area (Å²) in [6.45, 7) is 7.14. The highest BCUT2D eigenvalue weighted by atomic mass is 32.2. The van der Waals surface area contributed by atoms with Crippen molar-refractivity contribution in [3.8, 4) is 0 Å². The van der Waals surface area contributed by atoms with Crippen molar-refractivity contribution in [2.24, 2.45) is 0 Å². The lowest BCUT2D eigenvalue weighted by Gasteiger charge is -2.40. The summed E-state index contributed by atoms with van der Waals surface area (Å²) >= 11 is 1.64. The molecular weight excluding hydrogens is 352 g/mol. The molecule has 0 radical (unpaired) electrons. The summed E-state index contributed by atoms with van der Waals surface area (Å²) in [6, 6.07) is 9.52. The number of ether oxygens (including phenoxy) is 2. The molecule has 1 aliphatic rings. The van der Waals surface area contributed by atoms with E-state index in [1.54, 1.807) is 21.6 Å². The lowest BCUT2D eigenvalue weighted by Crippen LogP contribution is -2.58. The molecule has 1 saturated heterocycles. The summed E-state index contributed by atoms with van der Waals surface area (Å²) in [5.74, 6) is 0.736. The van der Waals surface area contributed by atoms with Gasteiger partial charge in [0.25, 0.3) is 0 Å². The van der Waals surface area contributed by atoms with Gasteiger partial charge in [-0.05, 0) is 32.6 Å². The molecule has 1 atom stereocenters. The third-order valence-electron chi connectivity index (χ3n) is 3.93. The molecule has 6 nitrogen and oxygen atoms in total. The van der Waals surface area contributed by atoms with Gasteiger partial charge in [0.1, 0.15) is 12.2 Å². The van der Waals surface area contributed by atoms with Crippen molar-refractivity contribution in [2.45, 2.75) is 39.0 Å². The van der Waals surface area contributed by atoms with Crippen LogP contribution >= 0.6 is 11.8 Å². The highest BCUT2D eigenvalue weighted by molar-refractivity contribution is 7.98. The molecule has 1 aromatic carbocycles. The van der Waals surface area contributed by atoms with Crippen molar-refractivity contribution in [1.82, 2.24) is 9.80 Å². The summed E-state index contributed by atoms with van der Waals surface area (Å²) in [5.41, 5.74) is 0.423. The van der Waals surface area contributed by atoms with Gasteiger partial charge in [-0.1, -0.05) is 30.3 Å². The fourth-order valence-electron chi connectivity index (χ4n) is 2.73. The maximum Gasteiger partial charge on any atom is 0.410 e. The van der Waals surface area contributed by atoms with Gasteiger partial charge in [-0.3, -0.25) is 0 Å². The predicted octanol–water partition coefficient (Wildman–Crippen LogP) is 3.61. The Bertz CT molecular complexity index is 603. The van der Waals surface area contributed by atoms with E-state index in [1.807, 2.05) is 57.4 Å². The molecule has 1 heterocycles. The molecule has 1 aliphatic heterocycles. The quantitative estimate of drug-likeness (QED) is 0.799. The highest BCUT2D eigenvalue weighted by Gasteiger charge is 2.34. The molecule has 0 aromatic heterocycles. The Morgan fingerprint density at radius 2 is 1.85 bits per heavy atom. The van der Waals surface area contributed by atoms with Gasteiger partial charge in [0.05, 0.1) is 6.04 Å². The van der Waals surface area contributed by atoms with E-state index in [0.29, 0.717) is 19.6 Å². The Hall–Kier alpha value is -1.89. The van der Waals surface area contributed by atoms with E-state index in [2.05, 4.69) is 0 Å². The minimum atomic E-state index is -0.530. The number of benzene rings is 1. The topological polar surface area (TPSA) is 59.1 Å². The van der Waals surface area contributed by atoms with E-state index < -0.39 is 5.60 Å². The molecule has 26 heavy (non-hydrogen) atoms. The minimum Gasteiger partial charge on any atom is -0.445 e. The number of rotatable bonds is 4. The maximum absolute atomic E-state index is 12.5. The van der Waals surface area contributed by atoms with Gasteiger partial charge in [-0.15, -0.1) is 0 Å². The number of carbonyl (C=O) groups excluding carboxylic acids is 2. The van der Waals surface area contributed by atoms with Crippen molar-refractivity contribution in [3.05, 3.63) is 35.9 Å². The zero-order valence-electron chi connectivity index (χ0n) is 15.9. The number of thioether (sulfide) groups is 1. The normalized spacial score (nSPS) is 17.8.